The third kappa shape index (κ3) is 3.08. The number of rotatable bonds is 2. The summed E-state index contributed by atoms with van der Waals surface area (Å²) in [6.45, 7) is 2.14. The molecule has 1 aromatic rings. The predicted octanol–water partition coefficient (Wildman–Crippen LogP) is 2.78. The first-order chi connectivity index (χ1) is 6.13. The maximum absolute atomic E-state index is 11.3. The molecule has 70 valence electrons. The second-order valence-electron chi connectivity index (χ2n) is 2.22. The van der Waals surface area contributed by atoms with Crippen molar-refractivity contribution in [2.75, 3.05) is 6.61 Å². The number of nitrogens with zero attached hydrogens (tertiary/aromatic N) is 1. The highest BCUT2D eigenvalue weighted by molar-refractivity contribution is 9.11. The van der Waals surface area contributed by atoms with Gasteiger partial charge in [-0.1, -0.05) is 0 Å². The molecule has 0 aliphatic rings. The standard InChI is InChI=1S/C8H7Br2NO2/c1-2-13-8(12)5-3-6(9)11-7(10)4-5/h3-4H,2H2,1H3. The zero-order valence-electron chi connectivity index (χ0n) is 6.88. The van der Waals surface area contributed by atoms with Gasteiger partial charge in [0.1, 0.15) is 9.21 Å². The smallest absolute Gasteiger partial charge is 0.338 e. The van der Waals surface area contributed by atoms with Crippen LogP contribution in [0.15, 0.2) is 21.3 Å². The minimum Gasteiger partial charge on any atom is -0.462 e. The van der Waals surface area contributed by atoms with Crippen molar-refractivity contribution >= 4 is 37.8 Å². The maximum atomic E-state index is 11.3. The van der Waals surface area contributed by atoms with Gasteiger partial charge in [-0.25, -0.2) is 9.78 Å². The summed E-state index contributed by atoms with van der Waals surface area (Å²) in [4.78, 5) is 15.3. The van der Waals surface area contributed by atoms with Crippen LogP contribution in [0.5, 0.6) is 0 Å². The molecule has 1 rings (SSSR count). The largest absolute Gasteiger partial charge is 0.462 e. The summed E-state index contributed by atoms with van der Waals surface area (Å²) < 4.78 is 6.03. The summed E-state index contributed by atoms with van der Waals surface area (Å²) in [6.07, 6.45) is 0. The van der Waals surface area contributed by atoms with Crippen LogP contribution in [0.4, 0.5) is 0 Å². The molecule has 13 heavy (non-hydrogen) atoms. The first-order valence-corrected chi connectivity index (χ1v) is 5.22. The van der Waals surface area contributed by atoms with Gasteiger partial charge in [-0.05, 0) is 50.9 Å². The molecule has 0 bridgehead atoms. The van der Waals surface area contributed by atoms with Crippen LogP contribution >= 0.6 is 31.9 Å². The Morgan fingerprint density at radius 3 is 2.46 bits per heavy atom. The molecule has 5 heteroatoms. The number of carbonyl (C=O) groups is 1. The van der Waals surface area contributed by atoms with Crippen molar-refractivity contribution in [2.45, 2.75) is 6.92 Å². The minimum absolute atomic E-state index is 0.341. The van der Waals surface area contributed by atoms with Crippen LogP contribution in [0.25, 0.3) is 0 Å². The molecule has 3 nitrogen and oxygen atoms in total. The third-order valence-corrected chi connectivity index (χ3v) is 2.09. The van der Waals surface area contributed by atoms with Gasteiger partial charge in [-0.3, -0.25) is 0 Å². The van der Waals surface area contributed by atoms with Crippen LogP contribution in [-0.4, -0.2) is 17.6 Å². The fourth-order valence-electron chi connectivity index (χ4n) is 0.797. The van der Waals surface area contributed by atoms with Gasteiger partial charge < -0.3 is 4.74 Å². The molecule has 0 atom stereocenters. The number of hydrogen-bond acceptors (Lipinski definition) is 3. The maximum Gasteiger partial charge on any atom is 0.338 e. The average molecular weight is 309 g/mol. The van der Waals surface area contributed by atoms with Crippen LogP contribution in [0.1, 0.15) is 17.3 Å². The molecule has 0 fully saturated rings. The molecule has 0 unspecified atom stereocenters. The van der Waals surface area contributed by atoms with E-state index < -0.39 is 0 Å². The van der Waals surface area contributed by atoms with Crippen molar-refractivity contribution in [1.29, 1.82) is 0 Å². The van der Waals surface area contributed by atoms with Gasteiger partial charge in [0.05, 0.1) is 12.2 Å². The van der Waals surface area contributed by atoms with Gasteiger partial charge in [0.15, 0.2) is 0 Å². The van der Waals surface area contributed by atoms with E-state index in [0.29, 0.717) is 21.4 Å². The molecule has 0 N–H and O–H groups in total. The second kappa shape index (κ2) is 4.72. The van der Waals surface area contributed by atoms with Crippen molar-refractivity contribution < 1.29 is 9.53 Å². The molecule has 0 amide bonds. The molecule has 0 aromatic carbocycles. The Balaban J connectivity index is 2.94. The average Bonchev–Trinajstić information content (AvgIpc) is 2.03. The summed E-state index contributed by atoms with van der Waals surface area (Å²) in [7, 11) is 0. The van der Waals surface area contributed by atoms with Gasteiger partial charge in [0.2, 0.25) is 0 Å². The first kappa shape index (κ1) is 10.7. The molecule has 0 aliphatic heterocycles. The van der Waals surface area contributed by atoms with Gasteiger partial charge in [-0.2, -0.15) is 0 Å². The lowest BCUT2D eigenvalue weighted by molar-refractivity contribution is 0.0526. The highest BCUT2D eigenvalue weighted by Crippen LogP contribution is 2.16. The molecular formula is C8H7Br2NO2. The van der Waals surface area contributed by atoms with E-state index in [1.807, 2.05) is 0 Å². The van der Waals surface area contributed by atoms with Gasteiger partial charge in [0, 0.05) is 0 Å². The fraction of sp³-hybridized carbons (Fsp3) is 0.250. The number of carbonyl (C=O) groups excluding carboxylic acids is 1. The Bertz CT molecular complexity index is 308. The normalized spacial score (nSPS) is 9.77. The molecular weight excluding hydrogens is 302 g/mol. The molecule has 0 spiro atoms. The van der Waals surface area contributed by atoms with Crippen LogP contribution < -0.4 is 0 Å². The summed E-state index contributed by atoms with van der Waals surface area (Å²) >= 11 is 6.37. The highest BCUT2D eigenvalue weighted by Gasteiger charge is 2.08. The number of aromatic nitrogens is 1. The zero-order valence-corrected chi connectivity index (χ0v) is 10.1. The SMILES string of the molecule is CCOC(=O)c1cc(Br)nc(Br)c1. The molecule has 0 radical (unpaired) electrons. The zero-order chi connectivity index (χ0) is 9.84. The van der Waals surface area contributed by atoms with Crippen LogP contribution in [0.3, 0.4) is 0 Å². The summed E-state index contributed by atoms with van der Waals surface area (Å²) in [5.74, 6) is -0.341. The van der Waals surface area contributed by atoms with E-state index in [9.17, 15) is 4.79 Å². The van der Waals surface area contributed by atoms with E-state index in [4.69, 9.17) is 4.74 Å². The Kier molecular flexibility index (Phi) is 3.87. The van der Waals surface area contributed by atoms with Crippen LogP contribution in [0, 0.1) is 0 Å². The predicted molar refractivity (Wildman–Crippen MR) is 55.6 cm³/mol. The van der Waals surface area contributed by atoms with E-state index in [-0.39, 0.29) is 5.97 Å². The highest BCUT2D eigenvalue weighted by atomic mass is 79.9. The van der Waals surface area contributed by atoms with Crippen molar-refractivity contribution in [3.63, 3.8) is 0 Å². The number of ether oxygens (including phenoxy) is 1. The first-order valence-electron chi connectivity index (χ1n) is 3.63. The Hall–Kier alpha value is -0.420. The van der Waals surface area contributed by atoms with Crippen molar-refractivity contribution in [3.05, 3.63) is 26.9 Å². The Morgan fingerprint density at radius 2 is 2.00 bits per heavy atom. The Labute approximate surface area is 92.8 Å². The van der Waals surface area contributed by atoms with Gasteiger partial charge in [-0.15, -0.1) is 0 Å². The lowest BCUT2D eigenvalue weighted by atomic mass is 10.3. The van der Waals surface area contributed by atoms with E-state index in [1.54, 1.807) is 19.1 Å². The van der Waals surface area contributed by atoms with Crippen LogP contribution in [-0.2, 0) is 4.74 Å². The quantitative estimate of drug-likeness (QED) is 0.623. The lowest BCUT2D eigenvalue weighted by Crippen LogP contribution is -2.04. The molecule has 1 aromatic heterocycles. The summed E-state index contributed by atoms with van der Waals surface area (Å²) in [5.41, 5.74) is 0.482. The molecule has 0 saturated carbocycles. The molecule has 0 saturated heterocycles. The van der Waals surface area contributed by atoms with Crippen LogP contribution in [0.2, 0.25) is 0 Å². The molecule has 0 aliphatic carbocycles. The van der Waals surface area contributed by atoms with Crippen molar-refractivity contribution in [3.8, 4) is 0 Å². The minimum atomic E-state index is -0.341. The van der Waals surface area contributed by atoms with Gasteiger partial charge in [0.25, 0.3) is 0 Å². The number of hydrogen-bond donors (Lipinski definition) is 0. The second-order valence-corrected chi connectivity index (χ2v) is 3.85. The van der Waals surface area contributed by atoms with E-state index in [2.05, 4.69) is 36.8 Å². The number of esters is 1. The van der Waals surface area contributed by atoms with Crippen molar-refractivity contribution in [2.24, 2.45) is 0 Å². The third-order valence-electron chi connectivity index (χ3n) is 1.27. The van der Waals surface area contributed by atoms with E-state index in [1.165, 1.54) is 0 Å². The monoisotopic (exact) mass is 307 g/mol. The summed E-state index contributed by atoms with van der Waals surface area (Å²) in [5, 5.41) is 0. The number of pyridine rings is 1. The van der Waals surface area contributed by atoms with Crippen molar-refractivity contribution in [1.82, 2.24) is 4.98 Å². The van der Waals surface area contributed by atoms with E-state index in [0.717, 1.165) is 0 Å². The summed E-state index contributed by atoms with van der Waals surface area (Å²) in [6, 6.07) is 3.23. The topological polar surface area (TPSA) is 39.2 Å². The molecule has 1 heterocycles. The van der Waals surface area contributed by atoms with E-state index >= 15 is 0 Å². The fourth-order valence-corrected chi connectivity index (χ4v) is 1.91. The van der Waals surface area contributed by atoms with Gasteiger partial charge >= 0.3 is 5.97 Å². The Morgan fingerprint density at radius 1 is 1.46 bits per heavy atom. The number of halogens is 2. The lowest BCUT2D eigenvalue weighted by Gasteiger charge is -2.02.